The lowest BCUT2D eigenvalue weighted by Gasteiger charge is -2.18. The molecule has 1 unspecified atom stereocenters. The summed E-state index contributed by atoms with van der Waals surface area (Å²) in [5.41, 5.74) is 1.11. The fourth-order valence-electron chi connectivity index (χ4n) is 2.28. The van der Waals surface area contributed by atoms with Gasteiger partial charge in [-0.2, -0.15) is 5.10 Å². The van der Waals surface area contributed by atoms with Gasteiger partial charge in [0.25, 0.3) is 0 Å². The molecule has 1 heterocycles. The van der Waals surface area contributed by atoms with E-state index in [1.165, 1.54) is 0 Å². The first-order valence-corrected chi connectivity index (χ1v) is 7.17. The molecule has 1 N–H and O–H groups in total. The molecule has 2 aromatic rings. The van der Waals surface area contributed by atoms with Gasteiger partial charge in [0.2, 0.25) is 0 Å². The van der Waals surface area contributed by atoms with E-state index in [0.29, 0.717) is 0 Å². The maximum Gasteiger partial charge on any atom is 0.123 e. The highest BCUT2D eigenvalue weighted by Crippen LogP contribution is 2.29. The predicted octanol–water partition coefficient (Wildman–Crippen LogP) is 2.64. The van der Waals surface area contributed by atoms with Gasteiger partial charge in [0, 0.05) is 30.5 Å². The lowest BCUT2D eigenvalue weighted by Crippen LogP contribution is -2.21. The third kappa shape index (κ3) is 4.23. The van der Waals surface area contributed by atoms with E-state index in [-0.39, 0.29) is 6.04 Å². The second-order valence-electron chi connectivity index (χ2n) is 4.91. The van der Waals surface area contributed by atoms with Crippen molar-refractivity contribution in [3.8, 4) is 11.5 Å². The molecule has 0 aliphatic rings. The summed E-state index contributed by atoms with van der Waals surface area (Å²) in [6.07, 6.45) is 4.81. The summed E-state index contributed by atoms with van der Waals surface area (Å²) in [5.74, 6) is 1.72. The van der Waals surface area contributed by atoms with Gasteiger partial charge in [-0.15, -0.1) is 0 Å². The van der Waals surface area contributed by atoms with Crippen LogP contribution < -0.4 is 14.8 Å². The van der Waals surface area contributed by atoms with Crippen LogP contribution in [0.4, 0.5) is 0 Å². The van der Waals surface area contributed by atoms with Gasteiger partial charge in [0.15, 0.2) is 0 Å². The van der Waals surface area contributed by atoms with Crippen molar-refractivity contribution >= 4 is 0 Å². The van der Waals surface area contributed by atoms with Crippen molar-refractivity contribution in [3.05, 3.63) is 42.2 Å². The van der Waals surface area contributed by atoms with Gasteiger partial charge in [-0.1, -0.05) is 0 Å². The van der Waals surface area contributed by atoms with Crippen LogP contribution in [0.2, 0.25) is 0 Å². The number of hydrogen-bond donors (Lipinski definition) is 1. The van der Waals surface area contributed by atoms with Gasteiger partial charge < -0.3 is 14.8 Å². The van der Waals surface area contributed by atoms with Crippen LogP contribution >= 0.6 is 0 Å². The maximum absolute atomic E-state index is 5.42. The second kappa shape index (κ2) is 7.69. The second-order valence-corrected chi connectivity index (χ2v) is 4.91. The number of benzene rings is 1. The molecule has 1 aromatic heterocycles. The van der Waals surface area contributed by atoms with E-state index in [1.807, 2.05) is 35.1 Å². The Bertz CT molecular complexity index is 540. The van der Waals surface area contributed by atoms with Crippen molar-refractivity contribution < 1.29 is 9.47 Å². The van der Waals surface area contributed by atoms with Gasteiger partial charge in [-0.25, -0.2) is 0 Å². The normalized spacial score (nSPS) is 12.1. The molecule has 2 rings (SSSR count). The number of nitrogens with zero attached hydrogens (tertiary/aromatic N) is 2. The zero-order chi connectivity index (χ0) is 15.1. The molecule has 0 bridgehead atoms. The van der Waals surface area contributed by atoms with Crippen molar-refractivity contribution in [3.63, 3.8) is 0 Å². The Hall–Kier alpha value is -2.01. The summed E-state index contributed by atoms with van der Waals surface area (Å²) >= 11 is 0. The number of nitrogens with one attached hydrogen (secondary N) is 1. The van der Waals surface area contributed by atoms with Crippen LogP contribution in [0.25, 0.3) is 0 Å². The average molecular weight is 289 g/mol. The molecule has 5 nitrogen and oxygen atoms in total. The van der Waals surface area contributed by atoms with Gasteiger partial charge in [-0.05, 0) is 44.2 Å². The summed E-state index contributed by atoms with van der Waals surface area (Å²) in [5, 5.41) is 7.70. The van der Waals surface area contributed by atoms with Crippen molar-refractivity contribution in [2.45, 2.75) is 25.9 Å². The highest BCUT2D eigenvalue weighted by molar-refractivity contribution is 5.42. The third-order valence-electron chi connectivity index (χ3n) is 3.48. The number of hydrogen-bond acceptors (Lipinski definition) is 4. The number of aromatic nitrogens is 2. The van der Waals surface area contributed by atoms with E-state index in [0.717, 1.165) is 36.6 Å². The fraction of sp³-hybridized carbons (Fsp3) is 0.438. The molecule has 114 valence electrons. The number of aryl methyl sites for hydroxylation is 1. The molecular formula is C16H23N3O2. The van der Waals surface area contributed by atoms with Crippen molar-refractivity contribution in [2.24, 2.45) is 0 Å². The monoisotopic (exact) mass is 289 g/mol. The Kier molecular flexibility index (Phi) is 5.63. The summed E-state index contributed by atoms with van der Waals surface area (Å²) < 4.78 is 12.6. The summed E-state index contributed by atoms with van der Waals surface area (Å²) in [7, 11) is 3.36. The van der Waals surface area contributed by atoms with Crippen LogP contribution in [0, 0.1) is 0 Å². The third-order valence-corrected chi connectivity index (χ3v) is 3.48. The van der Waals surface area contributed by atoms with E-state index in [9.17, 15) is 0 Å². The minimum Gasteiger partial charge on any atom is -0.497 e. The largest absolute Gasteiger partial charge is 0.497 e. The van der Waals surface area contributed by atoms with Crippen molar-refractivity contribution in [1.82, 2.24) is 15.1 Å². The van der Waals surface area contributed by atoms with Crippen LogP contribution in [-0.4, -0.2) is 30.5 Å². The standard InChI is InChI=1S/C16H23N3O2/c1-13(17-8-4-10-19-11-5-9-18-19)15-12-14(20-2)6-7-16(15)21-3/h5-7,9,11-13,17H,4,8,10H2,1-3H3. The molecule has 1 aromatic carbocycles. The van der Waals surface area contributed by atoms with Crippen molar-refractivity contribution in [2.75, 3.05) is 20.8 Å². The first-order valence-electron chi connectivity index (χ1n) is 7.17. The zero-order valence-corrected chi connectivity index (χ0v) is 12.9. The van der Waals surface area contributed by atoms with Gasteiger partial charge in [0.1, 0.15) is 11.5 Å². The number of ether oxygens (including phenoxy) is 2. The van der Waals surface area contributed by atoms with E-state index >= 15 is 0 Å². The SMILES string of the molecule is COc1ccc(OC)c(C(C)NCCCn2cccn2)c1. The quantitative estimate of drug-likeness (QED) is 0.759. The zero-order valence-electron chi connectivity index (χ0n) is 12.9. The Morgan fingerprint density at radius 2 is 2.14 bits per heavy atom. The summed E-state index contributed by atoms with van der Waals surface area (Å²) in [4.78, 5) is 0. The molecule has 0 spiro atoms. The molecular weight excluding hydrogens is 266 g/mol. The molecule has 0 aliphatic carbocycles. The molecule has 0 radical (unpaired) electrons. The first kappa shape index (κ1) is 15.4. The van der Waals surface area contributed by atoms with E-state index in [4.69, 9.17) is 9.47 Å². The Morgan fingerprint density at radius 1 is 1.29 bits per heavy atom. The minimum atomic E-state index is 0.202. The minimum absolute atomic E-state index is 0.202. The Morgan fingerprint density at radius 3 is 2.81 bits per heavy atom. The molecule has 0 aliphatic heterocycles. The topological polar surface area (TPSA) is 48.3 Å². The molecule has 0 fully saturated rings. The predicted molar refractivity (Wildman–Crippen MR) is 82.8 cm³/mol. The molecule has 21 heavy (non-hydrogen) atoms. The molecule has 0 saturated carbocycles. The smallest absolute Gasteiger partial charge is 0.123 e. The van der Waals surface area contributed by atoms with Gasteiger partial charge in [0.05, 0.1) is 14.2 Å². The Labute approximate surface area is 125 Å². The number of methoxy groups -OCH3 is 2. The lowest BCUT2D eigenvalue weighted by molar-refractivity contribution is 0.391. The van der Waals surface area contributed by atoms with Crippen molar-refractivity contribution in [1.29, 1.82) is 0 Å². The molecule has 1 atom stereocenters. The van der Waals surface area contributed by atoms with E-state index < -0.39 is 0 Å². The van der Waals surface area contributed by atoms with E-state index in [2.05, 4.69) is 17.3 Å². The van der Waals surface area contributed by atoms with Crippen LogP contribution in [-0.2, 0) is 6.54 Å². The van der Waals surface area contributed by atoms with Gasteiger partial charge >= 0.3 is 0 Å². The molecule has 0 amide bonds. The van der Waals surface area contributed by atoms with E-state index in [1.54, 1.807) is 20.4 Å². The molecule has 5 heteroatoms. The van der Waals surface area contributed by atoms with Crippen LogP contribution in [0.5, 0.6) is 11.5 Å². The van der Waals surface area contributed by atoms with Crippen LogP contribution in [0.3, 0.4) is 0 Å². The van der Waals surface area contributed by atoms with Crippen LogP contribution in [0.1, 0.15) is 24.9 Å². The summed E-state index contributed by atoms with van der Waals surface area (Å²) in [6, 6.07) is 8.01. The summed E-state index contributed by atoms with van der Waals surface area (Å²) in [6.45, 7) is 3.97. The Balaban J connectivity index is 1.88. The lowest BCUT2D eigenvalue weighted by atomic mass is 10.1. The number of rotatable bonds is 8. The van der Waals surface area contributed by atoms with Gasteiger partial charge in [-0.3, -0.25) is 4.68 Å². The highest BCUT2D eigenvalue weighted by atomic mass is 16.5. The van der Waals surface area contributed by atoms with Crippen LogP contribution in [0.15, 0.2) is 36.7 Å². The highest BCUT2D eigenvalue weighted by Gasteiger charge is 2.12. The average Bonchev–Trinajstić information content (AvgIpc) is 3.04. The fourth-order valence-corrected chi connectivity index (χ4v) is 2.28. The maximum atomic E-state index is 5.42. The molecule has 0 saturated heterocycles. The first-order chi connectivity index (χ1) is 10.2.